The Morgan fingerprint density at radius 2 is 2.00 bits per heavy atom. The predicted molar refractivity (Wildman–Crippen MR) is 72.7 cm³/mol. The first-order chi connectivity index (χ1) is 8.69. The highest BCUT2D eigenvalue weighted by atomic mass is 16.6. The average Bonchev–Trinajstić information content (AvgIpc) is 2.25. The number of hydrogen-bond donors (Lipinski definition) is 0. The third-order valence-electron chi connectivity index (χ3n) is 2.25. The van der Waals surface area contributed by atoms with E-state index in [0.29, 0.717) is 11.1 Å². The zero-order chi connectivity index (χ0) is 14.6. The minimum absolute atomic E-state index is 0.0336. The summed E-state index contributed by atoms with van der Waals surface area (Å²) in [5, 5.41) is 10.8. The van der Waals surface area contributed by atoms with Crippen LogP contribution in [0.5, 0.6) is 0 Å². The van der Waals surface area contributed by atoms with Crippen LogP contribution in [-0.4, -0.2) is 16.5 Å². The molecule has 0 aromatic heterocycles. The number of nitro groups is 1. The van der Waals surface area contributed by atoms with Gasteiger partial charge in [-0.1, -0.05) is 12.1 Å². The maximum absolute atomic E-state index is 11.5. The summed E-state index contributed by atoms with van der Waals surface area (Å²) in [5.74, 6) is -0.476. The summed E-state index contributed by atoms with van der Waals surface area (Å²) in [6, 6.07) is 4.78. The van der Waals surface area contributed by atoms with E-state index >= 15 is 0 Å². The second-order valence-electron chi connectivity index (χ2n) is 5.17. The van der Waals surface area contributed by atoms with Crippen molar-refractivity contribution in [2.75, 3.05) is 0 Å². The Morgan fingerprint density at radius 3 is 2.53 bits per heavy atom. The molecule has 1 aromatic rings. The highest BCUT2D eigenvalue weighted by Crippen LogP contribution is 2.20. The number of nitro benzene ring substituents is 1. The van der Waals surface area contributed by atoms with Crippen LogP contribution in [0.2, 0.25) is 0 Å². The molecule has 0 unspecified atom stereocenters. The van der Waals surface area contributed by atoms with Crippen LogP contribution in [-0.2, 0) is 9.53 Å². The van der Waals surface area contributed by atoms with Crippen molar-refractivity contribution in [1.82, 2.24) is 0 Å². The fourth-order valence-electron chi connectivity index (χ4n) is 1.43. The molecule has 0 aliphatic rings. The molecule has 1 aromatic carbocycles. The smallest absolute Gasteiger partial charge is 0.331 e. The molecule has 0 saturated carbocycles. The summed E-state index contributed by atoms with van der Waals surface area (Å²) in [6.07, 6.45) is 2.76. The van der Waals surface area contributed by atoms with Gasteiger partial charge in [-0.3, -0.25) is 10.1 Å². The normalized spacial score (nSPS) is 11.6. The molecule has 0 radical (unpaired) electrons. The molecular formula is C14H17NO4. The minimum Gasteiger partial charge on any atom is -0.457 e. The lowest BCUT2D eigenvalue weighted by Gasteiger charge is -2.17. The molecule has 0 N–H and O–H groups in total. The van der Waals surface area contributed by atoms with Crippen LogP contribution in [0, 0.1) is 17.0 Å². The van der Waals surface area contributed by atoms with E-state index in [-0.39, 0.29) is 5.69 Å². The van der Waals surface area contributed by atoms with Crippen molar-refractivity contribution in [2.45, 2.75) is 33.3 Å². The molecule has 0 saturated heterocycles. The van der Waals surface area contributed by atoms with Crippen LogP contribution in [0.15, 0.2) is 24.3 Å². The Labute approximate surface area is 112 Å². The molecule has 0 amide bonds. The number of esters is 1. The van der Waals surface area contributed by atoms with Crippen LogP contribution in [0.25, 0.3) is 6.08 Å². The molecule has 102 valence electrons. The Bertz CT molecular complexity index is 527. The molecule has 0 fully saturated rings. The van der Waals surface area contributed by atoms with Crippen molar-refractivity contribution >= 4 is 17.7 Å². The Balaban J connectivity index is 2.86. The molecule has 0 heterocycles. The number of ether oxygens (including phenoxy) is 1. The number of rotatable bonds is 3. The molecule has 5 heteroatoms. The maximum Gasteiger partial charge on any atom is 0.331 e. The van der Waals surface area contributed by atoms with Crippen molar-refractivity contribution in [3.63, 3.8) is 0 Å². The Kier molecular flexibility index (Phi) is 4.43. The van der Waals surface area contributed by atoms with Crippen molar-refractivity contribution in [3.8, 4) is 0 Å². The molecular weight excluding hydrogens is 246 g/mol. The van der Waals surface area contributed by atoms with E-state index < -0.39 is 16.5 Å². The molecule has 0 bridgehead atoms. The first kappa shape index (κ1) is 14.9. The highest BCUT2D eigenvalue weighted by molar-refractivity contribution is 5.87. The third-order valence-corrected chi connectivity index (χ3v) is 2.25. The van der Waals surface area contributed by atoms with Gasteiger partial charge in [0.1, 0.15) is 5.60 Å². The maximum atomic E-state index is 11.5. The van der Waals surface area contributed by atoms with E-state index in [4.69, 9.17) is 4.74 Å². The molecule has 19 heavy (non-hydrogen) atoms. The second-order valence-corrected chi connectivity index (χ2v) is 5.17. The first-order valence-electron chi connectivity index (χ1n) is 5.85. The molecule has 0 spiro atoms. The lowest BCUT2D eigenvalue weighted by Crippen LogP contribution is -2.22. The van der Waals surface area contributed by atoms with Gasteiger partial charge in [-0.15, -0.1) is 0 Å². The van der Waals surface area contributed by atoms with Gasteiger partial charge in [-0.2, -0.15) is 0 Å². The van der Waals surface area contributed by atoms with Crippen molar-refractivity contribution < 1.29 is 14.5 Å². The van der Waals surface area contributed by atoms with Crippen LogP contribution >= 0.6 is 0 Å². The monoisotopic (exact) mass is 263 g/mol. The highest BCUT2D eigenvalue weighted by Gasteiger charge is 2.14. The van der Waals surface area contributed by atoms with Crippen molar-refractivity contribution in [2.24, 2.45) is 0 Å². The molecule has 0 aliphatic heterocycles. The van der Waals surface area contributed by atoms with Crippen LogP contribution < -0.4 is 0 Å². The Morgan fingerprint density at radius 1 is 1.37 bits per heavy atom. The number of carbonyl (C=O) groups is 1. The summed E-state index contributed by atoms with van der Waals surface area (Å²) in [6.45, 7) is 6.99. The largest absolute Gasteiger partial charge is 0.457 e. The number of hydrogen-bond acceptors (Lipinski definition) is 4. The van der Waals surface area contributed by atoms with Gasteiger partial charge in [0, 0.05) is 17.7 Å². The van der Waals surface area contributed by atoms with Gasteiger partial charge in [0.05, 0.1) is 4.92 Å². The van der Waals surface area contributed by atoms with Crippen LogP contribution in [0.4, 0.5) is 5.69 Å². The summed E-state index contributed by atoms with van der Waals surface area (Å²) in [7, 11) is 0. The van der Waals surface area contributed by atoms with Gasteiger partial charge >= 0.3 is 5.97 Å². The molecule has 0 atom stereocenters. The van der Waals surface area contributed by atoms with E-state index in [0.717, 1.165) is 0 Å². The van der Waals surface area contributed by atoms with Gasteiger partial charge in [0.25, 0.3) is 5.69 Å². The zero-order valence-corrected chi connectivity index (χ0v) is 11.5. The van der Waals surface area contributed by atoms with Gasteiger partial charge in [-0.05, 0) is 39.3 Å². The number of nitrogens with zero attached hydrogens (tertiary/aromatic N) is 1. The van der Waals surface area contributed by atoms with E-state index in [1.165, 1.54) is 18.2 Å². The van der Waals surface area contributed by atoms with Gasteiger partial charge in [0.15, 0.2) is 0 Å². The third kappa shape index (κ3) is 4.91. The minimum atomic E-state index is -0.555. The van der Waals surface area contributed by atoms with Gasteiger partial charge in [0.2, 0.25) is 0 Å². The van der Waals surface area contributed by atoms with E-state index in [2.05, 4.69) is 0 Å². The van der Waals surface area contributed by atoms with Crippen molar-refractivity contribution in [1.29, 1.82) is 0 Å². The van der Waals surface area contributed by atoms with E-state index in [9.17, 15) is 14.9 Å². The van der Waals surface area contributed by atoms with E-state index in [1.807, 2.05) is 0 Å². The Hall–Kier alpha value is -2.17. The summed E-state index contributed by atoms with van der Waals surface area (Å²) < 4.78 is 5.10. The molecule has 5 nitrogen and oxygen atoms in total. The zero-order valence-electron chi connectivity index (χ0n) is 11.5. The summed E-state index contributed by atoms with van der Waals surface area (Å²) in [4.78, 5) is 21.8. The first-order valence-corrected chi connectivity index (χ1v) is 5.85. The van der Waals surface area contributed by atoms with Gasteiger partial charge in [-0.25, -0.2) is 4.79 Å². The lowest BCUT2D eigenvalue weighted by molar-refractivity contribution is -0.385. The fourth-order valence-corrected chi connectivity index (χ4v) is 1.43. The standard InChI is InChI=1S/C14H17NO4/c1-10-5-6-11(9-12(10)15(17)18)7-8-13(16)19-14(2,3)4/h5-9H,1-4H3/b8-7+. The number of carbonyl (C=O) groups excluding carboxylic acids is 1. The van der Waals surface area contributed by atoms with Crippen molar-refractivity contribution in [3.05, 3.63) is 45.5 Å². The predicted octanol–water partition coefficient (Wildman–Crippen LogP) is 3.26. The SMILES string of the molecule is Cc1ccc(/C=C/C(=O)OC(C)(C)C)cc1[N+](=O)[O-]. The lowest BCUT2D eigenvalue weighted by atomic mass is 10.1. The summed E-state index contributed by atoms with van der Waals surface area (Å²) >= 11 is 0. The second kappa shape index (κ2) is 5.65. The quantitative estimate of drug-likeness (QED) is 0.363. The van der Waals surface area contributed by atoms with Crippen LogP contribution in [0.3, 0.4) is 0 Å². The number of benzene rings is 1. The number of aryl methyl sites for hydroxylation is 1. The fraction of sp³-hybridized carbons (Fsp3) is 0.357. The molecule has 0 aliphatic carbocycles. The van der Waals surface area contributed by atoms with Crippen LogP contribution in [0.1, 0.15) is 31.9 Å². The average molecular weight is 263 g/mol. The summed E-state index contributed by atoms with van der Waals surface area (Å²) in [5.41, 5.74) is 0.648. The molecule has 1 rings (SSSR count). The topological polar surface area (TPSA) is 69.4 Å². The van der Waals surface area contributed by atoms with Gasteiger partial charge < -0.3 is 4.74 Å². The van der Waals surface area contributed by atoms with E-state index in [1.54, 1.807) is 39.8 Å².